The van der Waals surface area contributed by atoms with Crippen LogP contribution in [-0.4, -0.2) is 16.8 Å². The highest BCUT2D eigenvalue weighted by Crippen LogP contribution is 2.43. The summed E-state index contributed by atoms with van der Waals surface area (Å²) < 4.78 is 45.4. The molecule has 0 saturated carbocycles. The van der Waals surface area contributed by atoms with Gasteiger partial charge in [-0.1, -0.05) is 42.5 Å². The van der Waals surface area contributed by atoms with Crippen molar-refractivity contribution in [3.8, 4) is 0 Å². The van der Waals surface area contributed by atoms with Gasteiger partial charge in [0, 0.05) is 11.3 Å². The van der Waals surface area contributed by atoms with Crippen LogP contribution in [0.5, 0.6) is 0 Å². The first kappa shape index (κ1) is 21.5. The van der Waals surface area contributed by atoms with Crippen molar-refractivity contribution in [2.45, 2.75) is 12.2 Å². The third kappa shape index (κ3) is 3.53. The molecule has 1 N–H and O–H groups in total. The topological polar surface area (TPSA) is 70.8 Å². The number of carbonyl (C=O) groups is 2. The average Bonchev–Trinajstić information content (AvgIpc) is 3.45. The molecule has 1 aromatic heterocycles. The summed E-state index contributed by atoms with van der Waals surface area (Å²) in [6.45, 7) is 0. The third-order valence-electron chi connectivity index (χ3n) is 5.73. The van der Waals surface area contributed by atoms with Gasteiger partial charge >= 0.3 is 6.18 Å². The standard InChI is InChI=1S/C26H16F3NO4/c27-26(28,29)18-7-3-8-19(14-18)30-22(20-9-4-12-34-20)21(24(32)25(30)33)23(31)17-11-10-15-5-1-2-6-16(15)13-17/h1-14,22,31H/b23-21-. The highest BCUT2D eigenvalue weighted by atomic mass is 19.4. The fourth-order valence-electron chi connectivity index (χ4n) is 4.14. The van der Waals surface area contributed by atoms with Crippen LogP contribution in [0.4, 0.5) is 18.9 Å². The number of alkyl halides is 3. The molecule has 1 amide bonds. The summed E-state index contributed by atoms with van der Waals surface area (Å²) in [5, 5.41) is 12.9. The molecule has 1 atom stereocenters. The molecule has 8 heteroatoms. The van der Waals surface area contributed by atoms with Gasteiger partial charge in [0.1, 0.15) is 17.6 Å². The number of aliphatic hydroxyl groups is 1. The highest BCUT2D eigenvalue weighted by molar-refractivity contribution is 6.51. The molecule has 4 aromatic rings. The van der Waals surface area contributed by atoms with Gasteiger partial charge in [0.05, 0.1) is 17.4 Å². The predicted octanol–water partition coefficient (Wildman–Crippen LogP) is 6.08. The van der Waals surface area contributed by atoms with Crippen molar-refractivity contribution >= 4 is 33.9 Å². The molecule has 2 heterocycles. The van der Waals surface area contributed by atoms with Crippen molar-refractivity contribution in [3.05, 3.63) is 108 Å². The van der Waals surface area contributed by atoms with E-state index in [1.165, 1.54) is 24.5 Å². The van der Waals surface area contributed by atoms with Gasteiger partial charge in [0.25, 0.3) is 11.7 Å². The Kier molecular flexibility index (Phi) is 5.01. The van der Waals surface area contributed by atoms with Gasteiger partial charge in [-0.2, -0.15) is 13.2 Å². The maximum atomic E-state index is 13.3. The molecule has 1 aliphatic rings. The number of Topliss-reactive ketones (excluding diaryl/α,β-unsaturated/α-hetero) is 1. The van der Waals surface area contributed by atoms with E-state index in [0.717, 1.165) is 33.9 Å². The molecule has 0 aliphatic carbocycles. The number of carbonyl (C=O) groups excluding carboxylic acids is 2. The molecule has 3 aromatic carbocycles. The Morgan fingerprint density at radius 3 is 2.35 bits per heavy atom. The zero-order chi connectivity index (χ0) is 24.0. The maximum Gasteiger partial charge on any atom is 0.416 e. The molecule has 170 valence electrons. The van der Waals surface area contributed by atoms with Crippen molar-refractivity contribution in [1.29, 1.82) is 0 Å². The van der Waals surface area contributed by atoms with Crippen LogP contribution in [0.25, 0.3) is 16.5 Å². The number of ketones is 1. The lowest BCUT2D eigenvalue weighted by Crippen LogP contribution is -2.29. The van der Waals surface area contributed by atoms with E-state index in [-0.39, 0.29) is 22.6 Å². The zero-order valence-electron chi connectivity index (χ0n) is 17.4. The lowest BCUT2D eigenvalue weighted by atomic mass is 9.97. The summed E-state index contributed by atoms with van der Waals surface area (Å²) in [5.41, 5.74) is -1.10. The van der Waals surface area contributed by atoms with E-state index in [4.69, 9.17) is 4.42 Å². The molecule has 1 fully saturated rings. The van der Waals surface area contributed by atoms with Crippen molar-refractivity contribution < 1.29 is 32.3 Å². The van der Waals surface area contributed by atoms with E-state index in [1.807, 2.05) is 24.3 Å². The van der Waals surface area contributed by atoms with E-state index in [1.54, 1.807) is 18.2 Å². The van der Waals surface area contributed by atoms with E-state index >= 15 is 0 Å². The molecule has 1 unspecified atom stereocenters. The molecule has 0 spiro atoms. The number of benzene rings is 3. The van der Waals surface area contributed by atoms with Gasteiger partial charge in [0.2, 0.25) is 0 Å². The Morgan fingerprint density at radius 1 is 0.882 bits per heavy atom. The summed E-state index contributed by atoms with van der Waals surface area (Å²) in [5.74, 6) is -2.41. The molecule has 34 heavy (non-hydrogen) atoms. The molecule has 1 aliphatic heterocycles. The van der Waals surface area contributed by atoms with Gasteiger partial charge in [-0.05, 0) is 47.2 Å². The minimum absolute atomic E-state index is 0.124. The average molecular weight is 463 g/mol. The van der Waals surface area contributed by atoms with Crippen LogP contribution < -0.4 is 4.90 Å². The number of hydrogen-bond acceptors (Lipinski definition) is 4. The highest BCUT2D eigenvalue weighted by Gasteiger charge is 2.48. The molecular weight excluding hydrogens is 447 g/mol. The quantitative estimate of drug-likeness (QED) is 0.227. The Labute approximate surface area is 191 Å². The molecule has 5 nitrogen and oxygen atoms in total. The number of nitrogens with zero attached hydrogens (tertiary/aromatic N) is 1. The summed E-state index contributed by atoms with van der Waals surface area (Å²) in [6, 6.07) is 18.3. The van der Waals surface area contributed by atoms with E-state index < -0.39 is 35.2 Å². The maximum absolute atomic E-state index is 13.3. The van der Waals surface area contributed by atoms with Gasteiger partial charge in [-0.15, -0.1) is 0 Å². The molecule has 0 bridgehead atoms. The molecular formula is C26H16F3NO4. The zero-order valence-corrected chi connectivity index (χ0v) is 17.4. The van der Waals surface area contributed by atoms with Crippen LogP contribution in [0.3, 0.4) is 0 Å². The second-order valence-corrected chi connectivity index (χ2v) is 7.79. The number of halogens is 3. The number of furan rings is 1. The second-order valence-electron chi connectivity index (χ2n) is 7.79. The van der Waals surface area contributed by atoms with Crippen molar-refractivity contribution in [1.82, 2.24) is 0 Å². The number of anilines is 1. The Hall–Kier alpha value is -4.33. The number of fused-ring (bicyclic) bond motifs is 1. The Bertz CT molecular complexity index is 1450. The minimum Gasteiger partial charge on any atom is -0.507 e. The number of hydrogen-bond donors (Lipinski definition) is 1. The first-order chi connectivity index (χ1) is 16.3. The molecule has 5 rings (SSSR count). The monoisotopic (exact) mass is 463 g/mol. The number of rotatable bonds is 3. The Morgan fingerprint density at radius 2 is 1.65 bits per heavy atom. The van der Waals surface area contributed by atoms with Crippen molar-refractivity contribution in [2.75, 3.05) is 4.90 Å². The third-order valence-corrected chi connectivity index (χ3v) is 5.73. The van der Waals surface area contributed by atoms with Crippen molar-refractivity contribution in [2.24, 2.45) is 0 Å². The van der Waals surface area contributed by atoms with E-state index in [2.05, 4.69) is 0 Å². The fraction of sp³-hybridized carbons (Fsp3) is 0.0769. The molecule has 0 radical (unpaired) electrons. The van der Waals surface area contributed by atoms with E-state index in [9.17, 15) is 27.9 Å². The number of amides is 1. The summed E-state index contributed by atoms with van der Waals surface area (Å²) in [4.78, 5) is 27.0. The normalized spacial score (nSPS) is 18.1. The number of aliphatic hydroxyl groups excluding tert-OH is 1. The van der Waals surface area contributed by atoms with Crippen LogP contribution >= 0.6 is 0 Å². The van der Waals surface area contributed by atoms with Crippen molar-refractivity contribution in [3.63, 3.8) is 0 Å². The second kappa shape index (κ2) is 7.91. The first-order valence-corrected chi connectivity index (χ1v) is 10.3. The largest absolute Gasteiger partial charge is 0.507 e. The lowest BCUT2D eigenvalue weighted by molar-refractivity contribution is -0.137. The van der Waals surface area contributed by atoms with Crippen LogP contribution in [0.15, 0.2) is 95.1 Å². The van der Waals surface area contributed by atoms with Gasteiger partial charge < -0.3 is 9.52 Å². The van der Waals surface area contributed by atoms with Crippen LogP contribution in [0.2, 0.25) is 0 Å². The summed E-state index contributed by atoms with van der Waals surface area (Å²) in [7, 11) is 0. The van der Waals surface area contributed by atoms with Crippen LogP contribution in [0, 0.1) is 0 Å². The molecule has 1 saturated heterocycles. The predicted molar refractivity (Wildman–Crippen MR) is 119 cm³/mol. The SMILES string of the molecule is O=C1C(=O)N(c2cccc(C(F)(F)F)c2)C(c2ccco2)/C1=C(/O)c1ccc2ccccc2c1. The van der Waals surface area contributed by atoms with Gasteiger partial charge in [-0.25, -0.2) is 0 Å². The first-order valence-electron chi connectivity index (χ1n) is 10.3. The Balaban J connectivity index is 1.70. The smallest absolute Gasteiger partial charge is 0.416 e. The summed E-state index contributed by atoms with van der Waals surface area (Å²) in [6.07, 6.45) is -3.33. The minimum atomic E-state index is -4.64. The van der Waals surface area contributed by atoms with Gasteiger partial charge in [0.15, 0.2) is 0 Å². The van der Waals surface area contributed by atoms with Crippen LogP contribution in [-0.2, 0) is 15.8 Å². The van der Waals surface area contributed by atoms with Crippen LogP contribution in [0.1, 0.15) is 22.9 Å². The summed E-state index contributed by atoms with van der Waals surface area (Å²) >= 11 is 0. The lowest BCUT2D eigenvalue weighted by Gasteiger charge is -2.24. The van der Waals surface area contributed by atoms with Gasteiger partial charge in [-0.3, -0.25) is 14.5 Å². The fourth-order valence-corrected chi connectivity index (χ4v) is 4.14. The van der Waals surface area contributed by atoms with E-state index in [0.29, 0.717) is 0 Å².